The molecule has 0 atom stereocenters. The highest BCUT2D eigenvalue weighted by atomic mass is 32.2. The molecule has 0 bridgehead atoms. The third-order valence-electron chi connectivity index (χ3n) is 4.07. The van der Waals surface area contributed by atoms with Crippen LogP contribution < -0.4 is 10.1 Å². The van der Waals surface area contributed by atoms with E-state index in [0.29, 0.717) is 29.7 Å². The molecule has 118 valence electrons. The Bertz CT molecular complexity index is 579. The number of sulfonamides is 1. The number of benzene rings is 1. The molecule has 1 aliphatic rings. The summed E-state index contributed by atoms with van der Waals surface area (Å²) in [4.78, 5) is 0.355. The molecule has 0 amide bonds. The first kappa shape index (κ1) is 16.3. The Kier molecular flexibility index (Phi) is 5.24. The lowest BCUT2D eigenvalue weighted by molar-refractivity contribution is 0.270. The number of rotatable bonds is 5. The van der Waals surface area contributed by atoms with Crippen LogP contribution in [0.25, 0.3) is 0 Å². The fraction of sp³-hybridized carbons (Fsp3) is 0.600. The van der Waals surface area contributed by atoms with E-state index in [0.717, 1.165) is 24.9 Å². The van der Waals surface area contributed by atoms with Gasteiger partial charge in [-0.1, -0.05) is 0 Å². The van der Waals surface area contributed by atoms with Gasteiger partial charge in [-0.15, -0.1) is 0 Å². The van der Waals surface area contributed by atoms with Gasteiger partial charge in [0.2, 0.25) is 10.0 Å². The number of hydrogen-bond donors (Lipinski definition) is 1. The zero-order valence-electron chi connectivity index (χ0n) is 12.9. The Morgan fingerprint density at radius 3 is 2.52 bits per heavy atom. The fourth-order valence-electron chi connectivity index (χ4n) is 2.80. The molecular formula is C15H24N2O3S. The maximum atomic E-state index is 12.7. The van der Waals surface area contributed by atoms with Gasteiger partial charge in [0.1, 0.15) is 5.75 Å². The quantitative estimate of drug-likeness (QED) is 0.898. The van der Waals surface area contributed by atoms with Gasteiger partial charge in [0.25, 0.3) is 0 Å². The van der Waals surface area contributed by atoms with Crippen LogP contribution >= 0.6 is 0 Å². The van der Waals surface area contributed by atoms with Crippen molar-refractivity contribution in [1.29, 1.82) is 0 Å². The van der Waals surface area contributed by atoms with Gasteiger partial charge < -0.3 is 10.1 Å². The first-order valence-electron chi connectivity index (χ1n) is 7.28. The van der Waals surface area contributed by atoms with E-state index in [4.69, 9.17) is 4.74 Å². The molecule has 1 aromatic carbocycles. The number of nitrogens with one attached hydrogen (secondary N) is 1. The minimum Gasteiger partial charge on any atom is -0.496 e. The number of ether oxygens (including phenoxy) is 1. The van der Waals surface area contributed by atoms with E-state index in [9.17, 15) is 8.42 Å². The highest BCUT2D eigenvalue weighted by Crippen LogP contribution is 2.26. The second-order valence-corrected chi connectivity index (χ2v) is 7.47. The second-order valence-electron chi connectivity index (χ2n) is 5.54. The third kappa shape index (κ3) is 3.56. The van der Waals surface area contributed by atoms with E-state index in [-0.39, 0.29) is 0 Å². The molecule has 1 fully saturated rings. The molecule has 5 nitrogen and oxygen atoms in total. The van der Waals surface area contributed by atoms with Crippen molar-refractivity contribution in [3.63, 3.8) is 0 Å². The van der Waals surface area contributed by atoms with Gasteiger partial charge in [-0.05, 0) is 63.0 Å². The Balaban J connectivity index is 2.14. The highest BCUT2D eigenvalue weighted by molar-refractivity contribution is 7.89. The van der Waals surface area contributed by atoms with Gasteiger partial charge in [-0.2, -0.15) is 4.31 Å². The zero-order chi connectivity index (χ0) is 15.5. The molecule has 0 spiro atoms. The monoisotopic (exact) mass is 312 g/mol. The molecule has 0 aromatic heterocycles. The average Bonchev–Trinajstić information content (AvgIpc) is 2.48. The first-order chi connectivity index (χ1) is 9.98. The number of nitrogens with zero attached hydrogens (tertiary/aromatic N) is 1. The minimum absolute atomic E-state index is 0.355. The summed E-state index contributed by atoms with van der Waals surface area (Å²) in [7, 11) is 0.130. The van der Waals surface area contributed by atoms with Crippen molar-refractivity contribution in [1.82, 2.24) is 9.62 Å². The molecular weight excluding hydrogens is 288 g/mol. The Morgan fingerprint density at radius 2 is 2.00 bits per heavy atom. The first-order valence-corrected chi connectivity index (χ1v) is 8.72. The standard InChI is InChI=1S/C15H24N2O3S/c1-12-10-14(4-5-15(12)20-3)21(18,19)17-8-6-13(7-9-17)11-16-2/h4-5,10,13,16H,6-9,11H2,1-3H3. The summed E-state index contributed by atoms with van der Waals surface area (Å²) < 4.78 is 32.1. The molecule has 1 saturated heterocycles. The summed E-state index contributed by atoms with van der Waals surface area (Å²) >= 11 is 0. The largest absolute Gasteiger partial charge is 0.496 e. The maximum Gasteiger partial charge on any atom is 0.243 e. The Labute approximate surface area is 127 Å². The summed E-state index contributed by atoms with van der Waals surface area (Å²) in [6.45, 7) is 4.01. The fourth-order valence-corrected chi connectivity index (χ4v) is 4.36. The zero-order valence-corrected chi connectivity index (χ0v) is 13.7. The molecule has 0 radical (unpaired) electrons. The molecule has 1 N–H and O–H groups in total. The van der Waals surface area contributed by atoms with Crippen molar-refractivity contribution in [2.75, 3.05) is 33.8 Å². The molecule has 0 unspecified atom stereocenters. The molecule has 0 aliphatic carbocycles. The Hall–Kier alpha value is -1.11. The topological polar surface area (TPSA) is 58.6 Å². The summed E-state index contributed by atoms with van der Waals surface area (Å²) in [5.74, 6) is 1.28. The molecule has 21 heavy (non-hydrogen) atoms. The molecule has 1 heterocycles. The average molecular weight is 312 g/mol. The SMILES string of the molecule is CNCC1CCN(S(=O)(=O)c2ccc(OC)c(C)c2)CC1. The molecule has 1 aliphatic heterocycles. The van der Waals surface area contributed by atoms with E-state index >= 15 is 0 Å². The summed E-state index contributed by atoms with van der Waals surface area (Å²) in [6, 6.07) is 5.03. The summed E-state index contributed by atoms with van der Waals surface area (Å²) in [5.41, 5.74) is 0.837. The lowest BCUT2D eigenvalue weighted by Crippen LogP contribution is -2.40. The van der Waals surface area contributed by atoms with Crippen molar-refractivity contribution in [3.8, 4) is 5.75 Å². The summed E-state index contributed by atoms with van der Waals surface area (Å²) in [6.07, 6.45) is 1.82. The summed E-state index contributed by atoms with van der Waals surface area (Å²) in [5, 5.41) is 3.16. The lowest BCUT2D eigenvalue weighted by Gasteiger charge is -2.31. The van der Waals surface area contributed by atoms with Crippen LogP contribution in [-0.2, 0) is 10.0 Å². The van der Waals surface area contributed by atoms with Crippen LogP contribution in [0.4, 0.5) is 0 Å². The highest BCUT2D eigenvalue weighted by Gasteiger charge is 2.29. The predicted octanol–water partition coefficient (Wildman–Crippen LogP) is 1.62. The number of methoxy groups -OCH3 is 1. The second kappa shape index (κ2) is 6.77. The van der Waals surface area contributed by atoms with Crippen LogP contribution in [0.1, 0.15) is 18.4 Å². The molecule has 1 aromatic rings. The van der Waals surface area contributed by atoms with Crippen molar-refractivity contribution < 1.29 is 13.2 Å². The van der Waals surface area contributed by atoms with Gasteiger partial charge in [-0.25, -0.2) is 8.42 Å². The minimum atomic E-state index is -3.39. The van der Waals surface area contributed by atoms with Gasteiger partial charge in [0.15, 0.2) is 0 Å². The van der Waals surface area contributed by atoms with Crippen LogP contribution in [0, 0.1) is 12.8 Å². The van der Waals surface area contributed by atoms with Crippen LogP contribution in [0.5, 0.6) is 5.75 Å². The van der Waals surface area contributed by atoms with Crippen molar-refractivity contribution >= 4 is 10.0 Å². The van der Waals surface area contributed by atoms with Gasteiger partial charge in [-0.3, -0.25) is 0 Å². The van der Waals surface area contributed by atoms with Gasteiger partial charge >= 0.3 is 0 Å². The predicted molar refractivity (Wildman–Crippen MR) is 83.1 cm³/mol. The normalized spacial score (nSPS) is 17.9. The van der Waals surface area contributed by atoms with E-state index in [1.165, 1.54) is 0 Å². The maximum absolute atomic E-state index is 12.7. The van der Waals surface area contributed by atoms with Crippen molar-refractivity contribution in [3.05, 3.63) is 23.8 Å². The molecule has 6 heteroatoms. The van der Waals surface area contributed by atoms with E-state index in [2.05, 4.69) is 5.32 Å². The van der Waals surface area contributed by atoms with Crippen LogP contribution in [-0.4, -0.2) is 46.5 Å². The van der Waals surface area contributed by atoms with Crippen molar-refractivity contribution in [2.45, 2.75) is 24.7 Å². The van der Waals surface area contributed by atoms with E-state index in [1.54, 1.807) is 29.6 Å². The van der Waals surface area contributed by atoms with Crippen LogP contribution in [0.15, 0.2) is 23.1 Å². The lowest BCUT2D eigenvalue weighted by atomic mass is 9.98. The van der Waals surface area contributed by atoms with Crippen LogP contribution in [0.3, 0.4) is 0 Å². The van der Waals surface area contributed by atoms with Gasteiger partial charge in [0.05, 0.1) is 12.0 Å². The third-order valence-corrected chi connectivity index (χ3v) is 5.97. The van der Waals surface area contributed by atoms with Crippen LogP contribution in [0.2, 0.25) is 0 Å². The smallest absolute Gasteiger partial charge is 0.243 e. The van der Waals surface area contributed by atoms with Crippen molar-refractivity contribution in [2.24, 2.45) is 5.92 Å². The number of hydrogen-bond acceptors (Lipinski definition) is 4. The molecule has 0 saturated carbocycles. The van der Waals surface area contributed by atoms with Gasteiger partial charge in [0, 0.05) is 13.1 Å². The number of aryl methyl sites for hydroxylation is 1. The molecule has 2 rings (SSSR count). The number of piperidine rings is 1. The Morgan fingerprint density at radius 1 is 1.33 bits per heavy atom. The van der Waals surface area contributed by atoms with E-state index in [1.807, 2.05) is 14.0 Å². The van der Waals surface area contributed by atoms with E-state index < -0.39 is 10.0 Å².